The molecule has 5 aromatic rings. The largest absolute Gasteiger partial charge is 0.494 e. The highest BCUT2D eigenvalue weighted by Crippen LogP contribution is 2.47. The molecule has 0 saturated heterocycles. The van der Waals surface area contributed by atoms with E-state index >= 15 is 0 Å². The number of methoxy groups -OCH3 is 1. The summed E-state index contributed by atoms with van der Waals surface area (Å²) in [5, 5.41) is 15.2. The Kier molecular flexibility index (Phi) is 5.24. The van der Waals surface area contributed by atoms with Crippen molar-refractivity contribution in [2.75, 3.05) is 7.11 Å². The highest BCUT2D eigenvalue weighted by Gasteiger charge is 2.44. The average molecular weight is 563 g/mol. The summed E-state index contributed by atoms with van der Waals surface area (Å²) in [6.45, 7) is 0.140. The Morgan fingerprint density at radius 2 is 2.03 bits per heavy atom. The van der Waals surface area contributed by atoms with Gasteiger partial charge in [-0.05, 0) is 43.9 Å². The van der Waals surface area contributed by atoms with Gasteiger partial charge in [-0.2, -0.15) is 10.4 Å². The van der Waals surface area contributed by atoms with E-state index in [-0.39, 0.29) is 23.4 Å². The number of benzene rings is 1. The van der Waals surface area contributed by atoms with Gasteiger partial charge in [-0.15, -0.1) is 11.3 Å². The lowest BCUT2D eigenvalue weighted by atomic mass is 10.1. The zero-order chi connectivity index (χ0) is 27.1. The standard InChI is InChI=1S/C27H20ClFN6O3S/c1-38-21-6-16(17(28)7-18(21)29)22-8-19-24(39-22)25(36)34(26(37)33(19)13-27(12-30)4-5-27)20-11-31-9-14-10-32-35(23(14)20)15-2-3-15/h6-11,15H,2-5,13H2,1H3. The van der Waals surface area contributed by atoms with Gasteiger partial charge in [-0.1, -0.05) is 11.6 Å². The Morgan fingerprint density at radius 3 is 2.72 bits per heavy atom. The molecule has 7 rings (SSSR count). The molecule has 0 atom stereocenters. The van der Waals surface area contributed by atoms with Crippen LogP contribution in [-0.4, -0.2) is 31.0 Å². The van der Waals surface area contributed by atoms with Gasteiger partial charge >= 0.3 is 5.69 Å². The number of thiophene rings is 1. The molecule has 0 aliphatic heterocycles. The Bertz CT molecular complexity index is 1990. The fraction of sp³-hybridized carbons (Fsp3) is 0.296. The number of fused-ring (bicyclic) bond motifs is 2. The van der Waals surface area contributed by atoms with Crippen LogP contribution in [0, 0.1) is 22.6 Å². The van der Waals surface area contributed by atoms with Crippen LogP contribution in [0.2, 0.25) is 5.02 Å². The molecule has 0 bridgehead atoms. The normalized spacial score (nSPS) is 16.1. The van der Waals surface area contributed by atoms with E-state index in [1.54, 1.807) is 18.5 Å². The minimum atomic E-state index is -0.669. The molecule has 9 nitrogen and oxygen atoms in total. The van der Waals surface area contributed by atoms with Crippen LogP contribution >= 0.6 is 22.9 Å². The molecular weight excluding hydrogens is 543 g/mol. The third kappa shape index (κ3) is 3.70. The molecule has 2 saturated carbocycles. The summed E-state index contributed by atoms with van der Waals surface area (Å²) in [6, 6.07) is 6.89. The number of aromatic nitrogens is 5. The molecule has 0 N–H and O–H groups in total. The molecule has 4 aromatic heterocycles. The molecule has 2 fully saturated rings. The number of nitriles is 1. The van der Waals surface area contributed by atoms with Gasteiger partial charge in [-0.3, -0.25) is 19.0 Å². The van der Waals surface area contributed by atoms with Crippen molar-refractivity contribution in [3.8, 4) is 27.9 Å². The first kappa shape index (κ1) is 24.1. The fourth-order valence-corrected chi connectivity index (χ4v) is 6.45. The van der Waals surface area contributed by atoms with Crippen molar-refractivity contribution in [1.29, 1.82) is 5.26 Å². The summed E-state index contributed by atoms with van der Waals surface area (Å²) in [5.41, 5.74) is 0.156. The monoisotopic (exact) mass is 562 g/mol. The highest BCUT2D eigenvalue weighted by atomic mass is 35.5. The van der Waals surface area contributed by atoms with Crippen LogP contribution in [-0.2, 0) is 6.54 Å². The Morgan fingerprint density at radius 1 is 1.23 bits per heavy atom. The molecule has 2 aliphatic carbocycles. The van der Waals surface area contributed by atoms with Crippen LogP contribution in [0.25, 0.3) is 37.2 Å². The van der Waals surface area contributed by atoms with Crippen molar-refractivity contribution in [3.63, 3.8) is 0 Å². The third-order valence-corrected chi connectivity index (χ3v) is 8.95. The first-order valence-electron chi connectivity index (χ1n) is 12.4. The Labute approximate surface area is 229 Å². The van der Waals surface area contributed by atoms with Crippen molar-refractivity contribution < 1.29 is 9.13 Å². The molecule has 0 radical (unpaired) electrons. The minimum absolute atomic E-state index is 0.00848. The summed E-state index contributed by atoms with van der Waals surface area (Å²) >= 11 is 7.55. The van der Waals surface area contributed by atoms with E-state index in [0.717, 1.165) is 40.2 Å². The van der Waals surface area contributed by atoms with Crippen LogP contribution in [0.15, 0.2) is 46.4 Å². The molecule has 2 aliphatic rings. The van der Waals surface area contributed by atoms with Crippen LogP contribution in [0.5, 0.6) is 5.75 Å². The topological polar surface area (TPSA) is 108 Å². The third-order valence-electron chi connectivity index (χ3n) is 7.49. The molecule has 1 aromatic carbocycles. The molecule has 196 valence electrons. The summed E-state index contributed by atoms with van der Waals surface area (Å²) in [7, 11) is 1.36. The lowest BCUT2D eigenvalue weighted by Crippen LogP contribution is -2.40. The van der Waals surface area contributed by atoms with Crippen LogP contribution in [0.3, 0.4) is 0 Å². The maximum atomic E-state index is 14.3. The Balaban J connectivity index is 1.53. The lowest BCUT2D eigenvalue weighted by molar-refractivity contribution is 0.387. The van der Waals surface area contributed by atoms with E-state index in [4.69, 9.17) is 16.3 Å². The van der Waals surface area contributed by atoms with Gasteiger partial charge in [-0.25, -0.2) is 13.8 Å². The van der Waals surface area contributed by atoms with Gasteiger partial charge in [0, 0.05) is 28.6 Å². The fourth-order valence-electron chi connectivity index (χ4n) is 5.02. The van der Waals surface area contributed by atoms with Crippen molar-refractivity contribution in [3.05, 3.63) is 68.5 Å². The zero-order valence-corrected chi connectivity index (χ0v) is 22.2. The average Bonchev–Trinajstić information content (AvgIpc) is 3.84. The van der Waals surface area contributed by atoms with Crippen molar-refractivity contribution in [1.82, 2.24) is 23.9 Å². The number of halogens is 2. The highest BCUT2D eigenvalue weighted by molar-refractivity contribution is 7.22. The van der Waals surface area contributed by atoms with E-state index in [9.17, 15) is 19.2 Å². The molecule has 12 heteroatoms. The SMILES string of the molecule is COc1cc(-c2cc3c(s2)c(=O)n(-c2cncc4cnn(C5CC5)c24)c(=O)n3CC2(C#N)CC2)c(Cl)cc1F. The van der Waals surface area contributed by atoms with Gasteiger partial charge in [0.05, 0.1) is 58.8 Å². The second kappa shape index (κ2) is 8.49. The van der Waals surface area contributed by atoms with E-state index in [2.05, 4.69) is 16.2 Å². The number of pyridine rings is 1. The van der Waals surface area contributed by atoms with Crippen LogP contribution < -0.4 is 16.0 Å². The van der Waals surface area contributed by atoms with E-state index < -0.39 is 22.5 Å². The minimum Gasteiger partial charge on any atom is -0.494 e. The second-order valence-corrected chi connectivity index (χ2v) is 11.6. The predicted octanol–water partition coefficient (Wildman–Crippen LogP) is 5.07. The van der Waals surface area contributed by atoms with E-state index in [1.807, 2.05) is 4.68 Å². The number of nitrogens with zero attached hydrogens (tertiary/aromatic N) is 6. The molecule has 0 spiro atoms. The second-order valence-electron chi connectivity index (χ2n) is 10.1. The lowest BCUT2D eigenvalue weighted by Gasteiger charge is -2.15. The Hall–Kier alpha value is -4.01. The quantitative estimate of drug-likeness (QED) is 0.286. The predicted molar refractivity (Wildman–Crippen MR) is 145 cm³/mol. The maximum Gasteiger partial charge on any atom is 0.336 e. The van der Waals surface area contributed by atoms with Crippen molar-refractivity contribution in [2.24, 2.45) is 5.41 Å². The van der Waals surface area contributed by atoms with Gasteiger partial charge in [0.15, 0.2) is 11.6 Å². The molecule has 0 amide bonds. The van der Waals surface area contributed by atoms with Crippen LogP contribution in [0.4, 0.5) is 4.39 Å². The summed E-state index contributed by atoms with van der Waals surface area (Å²) in [4.78, 5) is 33.0. The molecule has 39 heavy (non-hydrogen) atoms. The molecule has 4 heterocycles. The van der Waals surface area contributed by atoms with Crippen molar-refractivity contribution in [2.45, 2.75) is 38.3 Å². The molecule has 0 unspecified atom stereocenters. The zero-order valence-electron chi connectivity index (χ0n) is 20.6. The number of rotatable bonds is 6. The van der Waals surface area contributed by atoms with Crippen molar-refractivity contribution >= 4 is 44.1 Å². The summed E-state index contributed by atoms with van der Waals surface area (Å²) in [6.07, 6.45) is 8.13. The smallest absolute Gasteiger partial charge is 0.336 e. The van der Waals surface area contributed by atoms with Gasteiger partial charge in [0.25, 0.3) is 5.56 Å². The maximum absolute atomic E-state index is 14.3. The first-order valence-corrected chi connectivity index (χ1v) is 13.6. The number of hydrogen-bond donors (Lipinski definition) is 0. The summed E-state index contributed by atoms with van der Waals surface area (Å²) < 4.78 is 24.2. The van der Waals surface area contributed by atoms with Gasteiger partial charge in [0.2, 0.25) is 0 Å². The number of ether oxygens (including phenoxy) is 1. The van der Waals surface area contributed by atoms with E-state index in [1.165, 1.54) is 23.9 Å². The summed E-state index contributed by atoms with van der Waals surface area (Å²) in [5.74, 6) is -0.599. The van der Waals surface area contributed by atoms with Gasteiger partial charge in [0.1, 0.15) is 4.70 Å². The number of hydrogen-bond acceptors (Lipinski definition) is 7. The molecular formula is C27H20ClFN6O3S. The van der Waals surface area contributed by atoms with Crippen LogP contribution in [0.1, 0.15) is 31.7 Å². The van der Waals surface area contributed by atoms with Gasteiger partial charge < -0.3 is 4.74 Å². The first-order chi connectivity index (χ1) is 18.8. The van der Waals surface area contributed by atoms with E-state index in [0.29, 0.717) is 44.7 Å².